The van der Waals surface area contributed by atoms with E-state index in [1.807, 2.05) is 0 Å². The van der Waals surface area contributed by atoms with Crippen molar-refractivity contribution in [1.29, 1.82) is 0 Å². The highest BCUT2D eigenvalue weighted by atomic mass is 35.5. The van der Waals surface area contributed by atoms with Gasteiger partial charge in [-0.1, -0.05) is 23.7 Å². The summed E-state index contributed by atoms with van der Waals surface area (Å²) in [5.41, 5.74) is 0.698. The molecule has 1 aliphatic heterocycles. The number of carbonyl (C=O) groups excluding carboxylic acids is 1. The van der Waals surface area contributed by atoms with Crippen molar-refractivity contribution in [3.05, 3.63) is 47.5 Å². The number of anilines is 2. The molecule has 1 heterocycles. The van der Waals surface area contributed by atoms with Crippen molar-refractivity contribution < 1.29 is 17.9 Å². The number of nitrogens with one attached hydrogen (secondary N) is 3. The van der Waals surface area contributed by atoms with E-state index in [0.717, 1.165) is 0 Å². The number of carbonyl (C=O) groups is 1. The van der Waals surface area contributed by atoms with Crippen molar-refractivity contribution in [1.82, 2.24) is 4.72 Å². The highest BCUT2D eigenvalue weighted by molar-refractivity contribution is 7.89. The molecule has 0 aromatic heterocycles. The number of sulfonamides is 1. The monoisotopic (exact) mass is 367 g/mol. The van der Waals surface area contributed by atoms with Gasteiger partial charge in [-0.3, -0.25) is 4.79 Å². The summed E-state index contributed by atoms with van der Waals surface area (Å²) < 4.78 is 31.9. The highest BCUT2D eigenvalue weighted by Gasteiger charge is 2.33. The van der Waals surface area contributed by atoms with E-state index >= 15 is 0 Å². The number of amides is 1. The SMILES string of the molecule is COc1ccc(Cl)cc1NC(=O)[C@H]1Nc2ccccc2S(=O)(=O)N1. The molecule has 3 N–H and O–H groups in total. The lowest BCUT2D eigenvalue weighted by molar-refractivity contribution is -0.117. The maximum absolute atomic E-state index is 12.4. The van der Waals surface area contributed by atoms with Crippen LogP contribution >= 0.6 is 11.6 Å². The summed E-state index contributed by atoms with van der Waals surface area (Å²) in [6, 6.07) is 11.1. The molecule has 24 heavy (non-hydrogen) atoms. The number of hydrogen-bond donors (Lipinski definition) is 3. The van der Waals surface area contributed by atoms with Gasteiger partial charge in [-0.05, 0) is 30.3 Å². The van der Waals surface area contributed by atoms with Crippen molar-refractivity contribution in [3.63, 3.8) is 0 Å². The number of benzene rings is 2. The second-order valence-electron chi connectivity index (χ2n) is 5.03. The van der Waals surface area contributed by atoms with E-state index in [9.17, 15) is 13.2 Å². The Morgan fingerprint density at radius 2 is 2.00 bits per heavy atom. The lowest BCUT2D eigenvalue weighted by Crippen LogP contribution is -2.51. The van der Waals surface area contributed by atoms with Crippen molar-refractivity contribution in [2.75, 3.05) is 17.7 Å². The third kappa shape index (κ3) is 3.16. The Hall–Kier alpha value is -2.29. The molecule has 0 saturated heterocycles. The summed E-state index contributed by atoms with van der Waals surface area (Å²) in [5.74, 6) is -0.180. The standard InChI is InChI=1S/C15H14ClN3O4S/c1-23-12-7-6-9(16)8-11(12)18-15(20)14-17-10-4-2-3-5-13(10)24(21,22)19-14/h2-8,14,17,19H,1H3,(H,18,20)/t14-/m0/s1. The first-order chi connectivity index (χ1) is 11.4. The predicted molar refractivity (Wildman–Crippen MR) is 90.8 cm³/mol. The van der Waals surface area contributed by atoms with Gasteiger partial charge in [0.1, 0.15) is 10.6 Å². The third-order valence-electron chi connectivity index (χ3n) is 3.43. The molecule has 0 bridgehead atoms. The van der Waals surface area contributed by atoms with Crippen LogP contribution in [0.5, 0.6) is 5.75 Å². The Labute approximate surface area is 144 Å². The number of hydrogen-bond acceptors (Lipinski definition) is 5. The molecule has 9 heteroatoms. The lowest BCUT2D eigenvalue weighted by atomic mass is 10.2. The van der Waals surface area contributed by atoms with Crippen LogP contribution in [0.25, 0.3) is 0 Å². The Balaban J connectivity index is 1.86. The van der Waals surface area contributed by atoms with Gasteiger partial charge in [-0.15, -0.1) is 0 Å². The third-order valence-corrected chi connectivity index (χ3v) is 5.15. The van der Waals surface area contributed by atoms with E-state index in [4.69, 9.17) is 16.3 Å². The molecule has 126 valence electrons. The smallest absolute Gasteiger partial charge is 0.263 e. The molecule has 2 aromatic rings. The van der Waals surface area contributed by atoms with Gasteiger partial charge >= 0.3 is 0 Å². The van der Waals surface area contributed by atoms with E-state index in [2.05, 4.69) is 15.4 Å². The fourth-order valence-corrected chi connectivity index (χ4v) is 3.78. The molecular formula is C15H14ClN3O4S. The van der Waals surface area contributed by atoms with Gasteiger partial charge in [0.25, 0.3) is 5.91 Å². The maximum atomic E-state index is 12.4. The lowest BCUT2D eigenvalue weighted by Gasteiger charge is -2.27. The minimum absolute atomic E-state index is 0.0920. The van der Waals surface area contributed by atoms with Crippen LogP contribution in [-0.2, 0) is 14.8 Å². The summed E-state index contributed by atoms with van der Waals surface area (Å²) in [5, 5.41) is 5.86. The maximum Gasteiger partial charge on any atom is 0.263 e. The Morgan fingerprint density at radius 3 is 2.75 bits per heavy atom. The van der Waals surface area contributed by atoms with Gasteiger partial charge in [0, 0.05) is 5.02 Å². The first-order valence-electron chi connectivity index (χ1n) is 6.93. The zero-order valence-electron chi connectivity index (χ0n) is 12.5. The number of ether oxygens (including phenoxy) is 1. The molecule has 1 aliphatic rings. The summed E-state index contributed by atoms with van der Waals surface area (Å²) in [6.07, 6.45) is -1.16. The highest BCUT2D eigenvalue weighted by Crippen LogP contribution is 2.29. The van der Waals surface area contributed by atoms with Crippen LogP contribution in [0.15, 0.2) is 47.4 Å². The second kappa shape index (κ2) is 6.31. The van der Waals surface area contributed by atoms with Crippen molar-refractivity contribution in [2.24, 2.45) is 0 Å². The van der Waals surface area contributed by atoms with Gasteiger partial charge in [-0.25, -0.2) is 8.42 Å². The minimum Gasteiger partial charge on any atom is -0.495 e. The first kappa shape index (κ1) is 16.6. The quantitative estimate of drug-likeness (QED) is 0.771. The zero-order valence-corrected chi connectivity index (χ0v) is 14.1. The molecule has 0 radical (unpaired) electrons. The Bertz CT molecular complexity index is 901. The molecule has 3 rings (SSSR count). The van der Waals surface area contributed by atoms with Crippen molar-refractivity contribution in [2.45, 2.75) is 11.1 Å². The van der Waals surface area contributed by atoms with Crippen molar-refractivity contribution in [3.8, 4) is 5.75 Å². The molecule has 1 atom stereocenters. The molecule has 0 fully saturated rings. The minimum atomic E-state index is -3.78. The summed E-state index contributed by atoms with van der Waals surface area (Å²) in [7, 11) is -2.33. The van der Waals surface area contributed by atoms with E-state index in [-0.39, 0.29) is 4.90 Å². The molecular weight excluding hydrogens is 354 g/mol. The van der Waals surface area contributed by atoms with Crippen LogP contribution in [0.3, 0.4) is 0 Å². The van der Waals surface area contributed by atoms with Crippen LogP contribution in [0.4, 0.5) is 11.4 Å². The van der Waals surface area contributed by atoms with Crippen LogP contribution in [0, 0.1) is 0 Å². The predicted octanol–water partition coefficient (Wildman–Crippen LogP) is 2.02. The van der Waals surface area contributed by atoms with Gasteiger partial charge < -0.3 is 15.4 Å². The Morgan fingerprint density at radius 1 is 1.25 bits per heavy atom. The number of methoxy groups -OCH3 is 1. The first-order valence-corrected chi connectivity index (χ1v) is 8.79. The van der Waals surface area contributed by atoms with E-state index in [1.54, 1.807) is 30.3 Å². The molecule has 2 aromatic carbocycles. The molecule has 7 nitrogen and oxygen atoms in total. The molecule has 1 amide bonds. The largest absolute Gasteiger partial charge is 0.495 e. The van der Waals surface area contributed by atoms with Gasteiger partial charge in [-0.2, -0.15) is 4.72 Å². The number of para-hydroxylation sites is 1. The zero-order chi connectivity index (χ0) is 17.3. The van der Waals surface area contributed by atoms with Crippen LogP contribution in [0.2, 0.25) is 5.02 Å². The van der Waals surface area contributed by atoms with Crippen molar-refractivity contribution >= 4 is 38.9 Å². The summed E-state index contributed by atoms with van der Waals surface area (Å²) in [4.78, 5) is 12.5. The van der Waals surface area contributed by atoms with Gasteiger partial charge in [0.15, 0.2) is 6.17 Å². The fourth-order valence-electron chi connectivity index (χ4n) is 2.33. The van der Waals surface area contributed by atoms with Gasteiger partial charge in [0.05, 0.1) is 18.5 Å². The van der Waals surface area contributed by atoms with Crippen LogP contribution in [0.1, 0.15) is 0 Å². The summed E-state index contributed by atoms with van der Waals surface area (Å²) in [6.45, 7) is 0. The average molecular weight is 368 g/mol. The normalized spacial score (nSPS) is 18.2. The fraction of sp³-hybridized carbons (Fsp3) is 0.133. The summed E-state index contributed by atoms with van der Waals surface area (Å²) >= 11 is 5.92. The van der Waals surface area contributed by atoms with E-state index in [1.165, 1.54) is 19.2 Å². The molecule has 0 unspecified atom stereocenters. The van der Waals surface area contributed by atoms with Gasteiger partial charge in [0.2, 0.25) is 10.0 Å². The van der Waals surface area contributed by atoms with Crippen LogP contribution in [-0.4, -0.2) is 27.6 Å². The second-order valence-corrected chi connectivity index (χ2v) is 7.15. The van der Waals surface area contributed by atoms with Crippen LogP contribution < -0.4 is 20.1 Å². The molecule has 0 saturated carbocycles. The van der Waals surface area contributed by atoms with E-state index < -0.39 is 22.1 Å². The number of rotatable bonds is 3. The van der Waals surface area contributed by atoms with E-state index in [0.29, 0.717) is 22.1 Å². The molecule has 0 spiro atoms. The number of fused-ring (bicyclic) bond motifs is 1. The molecule has 0 aliphatic carbocycles. The topological polar surface area (TPSA) is 96.5 Å². The Kier molecular flexibility index (Phi) is 4.35. The number of halogens is 1. The average Bonchev–Trinajstić information content (AvgIpc) is 2.54.